The van der Waals surface area contributed by atoms with E-state index in [4.69, 9.17) is 0 Å². The molecule has 1 atom stereocenters. The van der Waals surface area contributed by atoms with E-state index < -0.39 is 0 Å². The molecular weight excluding hydrogens is 260 g/mol. The number of hydrogen-bond donors (Lipinski definition) is 1. The first-order valence-corrected chi connectivity index (χ1v) is 7.90. The molecule has 1 unspecified atom stereocenters. The number of nitrogens with zero attached hydrogens (tertiary/aromatic N) is 1. The van der Waals surface area contributed by atoms with Crippen molar-refractivity contribution >= 4 is 16.8 Å². The zero-order valence-electron chi connectivity index (χ0n) is 13.6. The molecule has 0 aliphatic rings. The molecule has 3 nitrogen and oxygen atoms in total. The molecule has 0 fully saturated rings. The van der Waals surface area contributed by atoms with E-state index in [1.807, 2.05) is 17.7 Å². The number of aromatic nitrogens is 1. The molecule has 0 spiro atoms. The minimum Gasteiger partial charge on any atom is -0.348 e. The summed E-state index contributed by atoms with van der Waals surface area (Å²) in [5.41, 5.74) is 3.05. The Balaban J connectivity index is 2.10. The smallest absolute Gasteiger partial charge is 0.268 e. The number of hydrogen-bond acceptors (Lipinski definition) is 1. The van der Waals surface area contributed by atoms with E-state index in [-0.39, 0.29) is 11.9 Å². The lowest BCUT2D eigenvalue weighted by Gasteiger charge is -2.14. The zero-order valence-corrected chi connectivity index (χ0v) is 13.6. The van der Waals surface area contributed by atoms with Crippen molar-refractivity contribution < 1.29 is 4.79 Å². The predicted molar refractivity (Wildman–Crippen MR) is 88.7 cm³/mol. The summed E-state index contributed by atoms with van der Waals surface area (Å²) in [6.07, 6.45) is 4.66. The van der Waals surface area contributed by atoms with Crippen molar-refractivity contribution in [2.45, 2.75) is 52.5 Å². The van der Waals surface area contributed by atoms with E-state index in [0.29, 0.717) is 0 Å². The third-order valence-corrected chi connectivity index (χ3v) is 4.05. The average Bonchev–Trinajstić information content (AvgIpc) is 2.75. The van der Waals surface area contributed by atoms with Gasteiger partial charge < -0.3 is 9.88 Å². The highest BCUT2D eigenvalue weighted by molar-refractivity contribution is 5.98. The Bertz CT molecular complexity index is 627. The van der Waals surface area contributed by atoms with E-state index in [9.17, 15) is 4.79 Å². The van der Waals surface area contributed by atoms with Gasteiger partial charge in [0.2, 0.25) is 0 Å². The second-order valence-corrected chi connectivity index (χ2v) is 6.02. The minimum absolute atomic E-state index is 0.0235. The van der Waals surface area contributed by atoms with Gasteiger partial charge in [0.25, 0.3) is 5.91 Å². The van der Waals surface area contributed by atoms with Crippen LogP contribution in [0.25, 0.3) is 10.9 Å². The van der Waals surface area contributed by atoms with Crippen molar-refractivity contribution in [2.24, 2.45) is 7.05 Å². The van der Waals surface area contributed by atoms with Gasteiger partial charge >= 0.3 is 0 Å². The van der Waals surface area contributed by atoms with Crippen molar-refractivity contribution in [1.29, 1.82) is 0 Å². The van der Waals surface area contributed by atoms with Crippen molar-refractivity contribution in [2.75, 3.05) is 0 Å². The summed E-state index contributed by atoms with van der Waals surface area (Å²) in [4.78, 5) is 12.4. The van der Waals surface area contributed by atoms with Crippen LogP contribution in [0.3, 0.4) is 0 Å². The molecule has 21 heavy (non-hydrogen) atoms. The molecule has 1 N–H and O–H groups in total. The van der Waals surface area contributed by atoms with E-state index in [1.165, 1.54) is 24.8 Å². The van der Waals surface area contributed by atoms with Gasteiger partial charge in [-0.05, 0) is 38.5 Å². The maximum absolute atomic E-state index is 12.4. The first kappa shape index (κ1) is 15.6. The number of rotatable bonds is 6. The fraction of sp³-hybridized carbons (Fsp3) is 0.500. The van der Waals surface area contributed by atoms with E-state index in [1.54, 1.807) is 0 Å². The molecule has 1 aromatic heterocycles. The zero-order chi connectivity index (χ0) is 15.4. The highest BCUT2D eigenvalue weighted by Crippen LogP contribution is 2.20. The van der Waals surface area contributed by atoms with Gasteiger partial charge in [-0.15, -0.1) is 0 Å². The number of nitrogens with one attached hydrogen (secondary N) is 1. The molecule has 1 aromatic carbocycles. The molecule has 0 saturated carbocycles. The van der Waals surface area contributed by atoms with Crippen molar-refractivity contribution in [3.63, 3.8) is 0 Å². The van der Waals surface area contributed by atoms with Crippen molar-refractivity contribution in [3.8, 4) is 0 Å². The molecule has 0 saturated heterocycles. The lowest BCUT2D eigenvalue weighted by Crippen LogP contribution is -2.33. The van der Waals surface area contributed by atoms with Crippen LogP contribution in [0.4, 0.5) is 0 Å². The van der Waals surface area contributed by atoms with Gasteiger partial charge in [-0.2, -0.15) is 0 Å². The lowest BCUT2D eigenvalue weighted by molar-refractivity contribution is 0.0930. The Kier molecular flexibility index (Phi) is 5.05. The summed E-state index contributed by atoms with van der Waals surface area (Å²) >= 11 is 0. The minimum atomic E-state index is 0.0235. The molecule has 3 heteroatoms. The van der Waals surface area contributed by atoms with Gasteiger partial charge in [-0.1, -0.05) is 37.8 Å². The second-order valence-electron chi connectivity index (χ2n) is 6.02. The second kappa shape index (κ2) is 6.79. The molecule has 2 aromatic rings. The normalized spacial score (nSPS) is 12.6. The van der Waals surface area contributed by atoms with Gasteiger partial charge in [-0.3, -0.25) is 4.79 Å². The Morgan fingerprint density at radius 3 is 2.76 bits per heavy atom. The molecule has 1 heterocycles. The quantitative estimate of drug-likeness (QED) is 0.794. The Morgan fingerprint density at radius 2 is 2.05 bits per heavy atom. The van der Waals surface area contributed by atoms with Crippen LogP contribution < -0.4 is 5.32 Å². The summed E-state index contributed by atoms with van der Waals surface area (Å²) in [5.74, 6) is 0.0235. The van der Waals surface area contributed by atoms with Crippen LogP contribution in [-0.2, 0) is 7.05 Å². The summed E-state index contributed by atoms with van der Waals surface area (Å²) in [7, 11) is 1.95. The largest absolute Gasteiger partial charge is 0.348 e. The number of carbonyl (C=O) groups is 1. The molecular formula is C18H26N2O. The van der Waals surface area contributed by atoms with Crippen LogP contribution in [0.15, 0.2) is 24.3 Å². The predicted octanol–water partition coefficient (Wildman–Crippen LogP) is 4.19. The summed E-state index contributed by atoms with van der Waals surface area (Å²) in [6, 6.07) is 8.49. The van der Waals surface area contributed by atoms with Crippen LogP contribution in [-0.4, -0.2) is 16.5 Å². The van der Waals surface area contributed by atoms with Crippen molar-refractivity contribution in [3.05, 3.63) is 35.5 Å². The van der Waals surface area contributed by atoms with Crippen LogP contribution in [0.2, 0.25) is 0 Å². The number of fused-ring (bicyclic) bond motifs is 1. The van der Waals surface area contributed by atoms with E-state index in [2.05, 4.69) is 44.3 Å². The SMILES string of the molecule is CCCCCC(C)NC(=O)c1cc2cc(C)ccc2n1C. The number of benzene rings is 1. The van der Waals surface area contributed by atoms with E-state index >= 15 is 0 Å². The Hall–Kier alpha value is -1.77. The van der Waals surface area contributed by atoms with Crippen LogP contribution in [0, 0.1) is 6.92 Å². The Morgan fingerprint density at radius 1 is 1.29 bits per heavy atom. The standard InChI is InChI=1S/C18H26N2O/c1-5-6-7-8-14(3)19-18(21)17-12-15-11-13(2)9-10-16(15)20(17)4/h9-12,14H,5-8H2,1-4H3,(H,19,21). The monoisotopic (exact) mass is 286 g/mol. The lowest BCUT2D eigenvalue weighted by atomic mass is 10.1. The molecule has 0 radical (unpaired) electrons. The average molecular weight is 286 g/mol. The van der Waals surface area contributed by atoms with Gasteiger partial charge in [0.05, 0.1) is 0 Å². The fourth-order valence-electron chi connectivity index (χ4n) is 2.76. The van der Waals surface area contributed by atoms with Crippen LogP contribution in [0.1, 0.15) is 55.6 Å². The van der Waals surface area contributed by atoms with Crippen LogP contribution >= 0.6 is 0 Å². The molecule has 0 aliphatic carbocycles. The Labute approximate surface area is 127 Å². The van der Waals surface area contributed by atoms with Crippen molar-refractivity contribution in [1.82, 2.24) is 9.88 Å². The van der Waals surface area contributed by atoms with Gasteiger partial charge in [-0.25, -0.2) is 0 Å². The topological polar surface area (TPSA) is 34.0 Å². The molecule has 0 aliphatic heterocycles. The van der Waals surface area contributed by atoms with E-state index in [0.717, 1.165) is 23.0 Å². The maximum atomic E-state index is 12.4. The van der Waals surface area contributed by atoms with Gasteiger partial charge in [0.15, 0.2) is 0 Å². The highest BCUT2D eigenvalue weighted by atomic mass is 16.2. The highest BCUT2D eigenvalue weighted by Gasteiger charge is 2.15. The number of aryl methyl sites for hydroxylation is 2. The number of unbranched alkanes of at least 4 members (excludes halogenated alkanes) is 2. The molecule has 114 valence electrons. The summed E-state index contributed by atoms with van der Waals surface area (Å²) < 4.78 is 1.98. The van der Waals surface area contributed by atoms with Gasteiger partial charge in [0.1, 0.15) is 5.69 Å². The van der Waals surface area contributed by atoms with Crippen LogP contribution in [0.5, 0.6) is 0 Å². The van der Waals surface area contributed by atoms with Gasteiger partial charge in [0, 0.05) is 24.0 Å². The summed E-state index contributed by atoms with van der Waals surface area (Å²) in [6.45, 7) is 6.35. The third kappa shape index (κ3) is 3.66. The summed E-state index contributed by atoms with van der Waals surface area (Å²) in [5, 5.41) is 4.24. The first-order chi connectivity index (χ1) is 10.0. The first-order valence-electron chi connectivity index (χ1n) is 7.90. The molecule has 0 bridgehead atoms. The number of carbonyl (C=O) groups excluding carboxylic acids is 1. The number of amides is 1. The third-order valence-electron chi connectivity index (χ3n) is 4.05. The maximum Gasteiger partial charge on any atom is 0.268 e. The molecule has 2 rings (SSSR count). The molecule has 1 amide bonds. The fourth-order valence-corrected chi connectivity index (χ4v) is 2.76.